The lowest BCUT2D eigenvalue weighted by Crippen LogP contribution is -2.14. The molecule has 0 saturated carbocycles. The summed E-state index contributed by atoms with van der Waals surface area (Å²) in [4.78, 5) is 10.3. The molecule has 0 spiro atoms. The van der Waals surface area contributed by atoms with E-state index in [1.165, 1.54) is 14.0 Å². The molecule has 1 atom stereocenters. The molecule has 0 aliphatic heterocycles. The molecule has 54 valence electrons. The van der Waals surface area contributed by atoms with Gasteiger partial charge < -0.3 is 9.47 Å². The van der Waals surface area contributed by atoms with Crippen molar-refractivity contribution in [2.75, 3.05) is 13.7 Å². The molecule has 0 aromatic carbocycles. The number of methoxy groups -OCH3 is 1. The van der Waals surface area contributed by atoms with Gasteiger partial charge in [-0.25, -0.2) is 0 Å². The van der Waals surface area contributed by atoms with Crippen LogP contribution >= 0.6 is 0 Å². The second kappa shape index (κ2) is 4.47. The molecule has 0 bridgehead atoms. The van der Waals surface area contributed by atoms with Gasteiger partial charge in [0.05, 0.1) is 0 Å². The van der Waals surface area contributed by atoms with Crippen LogP contribution in [0.15, 0.2) is 0 Å². The summed E-state index contributed by atoms with van der Waals surface area (Å²) in [6, 6.07) is 0. The van der Waals surface area contributed by atoms with Crippen LogP contribution in [0.5, 0.6) is 0 Å². The lowest BCUT2D eigenvalue weighted by atomic mass is 10.5. The third kappa shape index (κ3) is 5.46. The Morgan fingerprint density at radius 3 is 2.56 bits per heavy atom. The summed E-state index contributed by atoms with van der Waals surface area (Å²) in [5.41, 5.74) is 0. The maximum absolute atomic E-state index is 10.3. The first-order valence-electron chi connectivity index (χ1n) is 2.80. The molecule has 9 heavy (non-hydrogen) atoms. The van der Waals surface area contributed by atoms with E-state index in [1.54, 1.807) is 6.92 Å². The summed E-state index contributed by atoms with van der Waals surface area (Å²) in [5, 5.41) is 0. The van der Waals surface area contributed by atoms with E-state index in [9.17, 15) is 4.79 Å². The predicted octanol–water partition coefficient (Wildman–Crippen LogP) is 0.584. The van der Waals surface area contributed by atoms with Crippen LogP contribution in [0.1, 0.15) is 13.8 Å². The van der Waals surface area contributed by atoms with E-state index in [-0.39, 0.29) is 18.7 Å². The standard InChI is InChI=1S/C6H12O3/c1-5(7)4-9-6(2)8-3/h6H,4H2,1-3H3. The summed E-state index contributed by atoms with van der Waals surface area (Å²) in [7, 11) is 1.53. The molecule has 0 amide bonds. The highest BCUT2D eigenvalue weighted by Gasteiger charge is 1.99. The third-order valence-electron chi connectivity index (χ3n) is 0.853. The number of hydrogen-bond donors (Lipinski definition) is 0. The number of ketones is 1. The normalized spacial score (nSPS) is 13.2. The van der Waals surface area contributed by atoms with Crippen LogP contribution in [0.25, 0.3) is 0 Å². The summed E-state index contributed by atoms with van der Waals surface area (Å²) in [6.07, 6.45) is -0.283. The van der Waals surface area contributed by atoms with E-state index in [2.05, 4.69) is 0 Å². The molecule has 0 aromatic rings. The van der Waals surface area contributed by atoms with Crippen LogP contribution in [-0.2, 0) is 14.3 Å². The summed E-state index contributed by atoms with van der Waals surface area (Å²) in [5.74, 6) is 0.0129. The second-order valence-corrected chi connectivity index (χ2v) is 1.82. The van der Waals surface area contributed by atoms with Crippen LogP contribution in [0.3, 0.4) is 0 Å². The van der Waals surface area contributed by atoms with Gasteiger partial charge in [0.2, 0.25) is 0 Å². The average Bonchev–Trinajstić information content (AvgIpc) is 1.83. The van der Waals surface area contributed by atoms with E-state index in [0.29, 0.717) is 0 Å². The number of Topliss-reactive ketones (excluding diaryl/α,β-unsaturated/α-hetero) is 1. The van der Waals surface area contributed by atoms with Crippen molar-refractivity contribution in [2.24, 2.45) is 0 Å². The minimum absolute atomic E-state index is 0.0129. The smallest absolute Gasteiger partial charge is 0.155 e. The van der Waals surface area contributed by atoms with Crippen molar-refractivity contribution in [3.8, 4) is 0 Å². The molecular formula is C6H12O3. The Labute approximate surface area is 55.0 Å². The Kier molecular flexibility index (Phi) is 4.26. The van der Waals surface area contributed by atoms with Crippen molar-refractivity contribution in [3.05, 3.63) is 0 Å². The van der Waals surface area contributed by atoms with Crippen molar-refractivity contribution in [1.82, 2.24) is 0 Å². The Morgan fingerprint density at radius 2 is 2.22 bits per heavy atom. The first kappa shape index (κ1) is 8.59. The van der Waals surface area contributed by atoms with E-state index >= 15 is 0 Å². The lowest BCUT2D eigenvalue weighted by molar-refractivity contribution is -0.140. The van der Waals surface area contributed by atoms with Gasteiger partial charge in [0, 0.05) is 7.11 Å². The molecular weight excluding hydrogens is 120 g/mol. The fourth-order valence-electron chi connectivity index (χ4n) is 0.303. The van der Waals surface area contributed by atoms with Gasteiger partial charge in [-0.1, -0.05) is 0 Å². The fraction of sp³-hybridized carbons (Fsp3) is 0.833. The first-order chi connectivity index (χ1) is 4.16. The second-order valence-electron chi connectivity index (χ2n) is 1.82. The van der Waals surface area contributed by atoms with Crippen LogP contribution in [-0.4, -0.2) is 25.8 Å². The number of carbonyl (C=O) groups excluding carboxylic acids is 1. The molecule has 3 nitrogen and oxygen atoms in total. The summed E-state index contributed by atoms with van der Waals surface area (Å²) >= 11 is 0. The average molecular weight is 132 g/mol. The van der Waals surface area contributed by atoms with Gasteiger partial charge in [-0.05, 0) is 13.8 Å². The molecule has 0 saturated heterocycles. The van der Waals surface area contributed by atoms with Gasteiger partial charge in [-0.15, -0.1) is 0 Å². The Bertz CT molecular complexity index is 90.3. The van der Waals surface area contributed by atoms with Crippen molar-refractivity contribution >= 4 is 5.78 Å². The largest absolute Gasteiger partial charge is 0.356 e. The number of rotatable bonds is 4. The van der Waals surface area contributed by atoms with Crippen LogP contribution in [0, 0.1) is 0 Å². The highest BCUT2D eigenvalue weighted by Crippen LogP contribution is 1.89. The molecule has 1 unspecified atom stereocenters. The van der Waals surface area contributed by atoms with Gasteiger partial charge in [0.15, 0.2) is 12.1 Å². The number of carbonyl (C=O) groups is 1. The Balaban J connectivity index is 3.16. The Morgan fingerprint density at radius 1 is 1.67 bits per heavy atom. The third-order valence-corrected chi connectivity index (χ3v) is 0.853. The zero-order chi connectivity index (χ0) is 7.28. The number of ether oxygens (including phenoxy) is 2. The maximum atomic E-state index is 10.3. The van der Waals surface area contributed by atoms with E-state index in [4.69, 9.17) is 9.47 Å². The van der Waals surface area contributed by atoms with Gasteiger partial charge in [0.25, 0.3) is 0 Å². The predicted molar refractivity (Wildman–Crippen MR) is 33.1 cm³/mol. The van der Waals surface area contributed by atoms with Gasteiger partial charge in [0.1, 0.15) is 6.61 Å². The number of hydrogen-bond acceptors (Lipinski definition) is 3. The topological polar surface area (TPSA) is 35.5 Å². The molecule has 0 rings (SSSR count). The van der Waals surface area contributed by atoms with E-state index in [0.717, 1.165) is 0 Å². The Hall–Kier alpha value is -0.410. The SMILES string of the molecule is COC(C)OCC(C)=O. The van der Waals surface area contributed by atoms with Crippen molar-refractivity contribution in [2.45, 2.75) is 20.1 Å². The van der Waals surface area contributed by atoms with Crippen LogP contribution < -0.4 is 0 Å². The molecule has 0 fully saturated rings. The van der Waals surface area contributed by atoms with E-state index < -0.39 is 0 Å². The highest BCUT2D eigenvalue weighted by molar-refractivity contribution is 5.76. The lowest BCUT2D eigenvalue weighted by Gasteiger charge is -2.07. The van der Waals surface area contributed by atoms with Crippen molar-refractivity contribution in [1.29, 1.82) is 0 Å². The maximum Gasteiger partial charge on any atom is 0.155 e. The molecule has 0 aliphatic carbocycles. The van der Waals surface area contributed by atoms with Gasteiger partial charge in [-0.3, -0.25) is 4.79 Å². The minimum atomic E-state index is -0.283. The molecule has 0 radical (unpaired) electrons. The molecule has 3 heteroatoms. The van der Waals surface area contributed by atoms with Gasteiger partial charge >= 0.3 is 0 Å². The van der Waals surface area contributed by atoms with Crippen LogP contribution in [0.2, 0.25) is 0 Å². The first-order valence-corrected chi connectivity index (χ1v) is 2.80. The molecule has 0 heterocycles. The van der Waals surface area contributed by atoms with E-state index in [1.807, 2.05) is 0 Å². The quantitative estimate of drug-likeness (QED) is 0.525. The summed E-state index contributed by atoms with van der Waals surface area (Å²) in [6.45, 7) is 3.35. The summed E-state index contributed by atoms with van der Waals surface area (Å²) < 4.78 is 9.61. The van der Waals surface area contributed by atoms with Crippen LogP contribution in [0.4, 0.5) is 0 Å². The zero-order valence-electron chi connectivity index (χ0n) is 6.01. The molecule has 0 aliphatic rings. The van der Waals surface area contributed by atoms with Crippen molar-refractivity contribution < 1.29 is 14.3 Å². The zero-order valence-corrected chi connectivity index (χ0v) is 6.01. The molecule has 0 aromatic heterocycles. The van der Waals surface area contributed by atoms with Crippen molar-refractivity contribution in [3.63, 3.8) is 0 Å². The monoisotopic (exact) mass is 132 g/mol. The highest BCUT2D eigenvalue weighted by atomic mass is 16.7. The van der Waals surface area contributed by atoms with Gasteiger partial charge in [-0.2, -0.15) is 0 Å². The fourth-order valence-corrected chi connectivity index (χ4v) is 0.303. The molecule has 0 N–H and O–H groups in total. The minimum Gasteiger partial charge on any atom is -0.356 e.